The van der Waals surface area contributed by atoms with Gasteiger partial charge in [-0.2, -0.15) is 0 Å². The minimum atomic E-state index is 0.598. The molecule has 0 radical (unpaired) electrons. The van der Waals surface area contributed by atoms with Gasteiger partial charge in [-0.3, -0.25) is 4.90 Å². The molecule has 0 amide bonds. The van der Waals surface area contributed by atoms with Crippen molar-refractivity contribution in [3.05, 3.63) is 29.8 Å². The number of rotatable bonds is 7. The van der Waals surface area contributed by atoms with E-state index in [0.29, 0.717) is 6.04 Å². The Labute approximate surface area is 124 Å². The Morgan fingerprint density at radius 2 is 1.90 bits per heavy atom. The van der Waals surface area contributed by atoms with Crippen LogP contribution < -0.4 is 5.32 Å². The number of benzene rings is 1. The zero-order chi connectivity index (χ0) is 14.4. The molecular formula is C18H30N2. The molecule has 1 aliphatic carbocycles. The Bertz CT molecular complexity index is 392. The molecule has 0 spiro atoms. The van der Waals surface area contributed by atoms with Crippen molar-refractivity contribution >= 4 is 5.69 Å². The van der Waals surface area contributed by atoms with Crippen LogP contribution in [0.25, 0.3) is 0 Å². The highest BCUT2D eigenvalue weighted by molar-refractivity contribution is 5.46. The molecule has 1 fully saturated rings. The molecule has 2 nitrogen and oxygen atoms in total. The van der Waals surface area contributed by atoms with Crippen molar-refractivity contribution in [2.45, 2.75) is 59.0 Å². The summed E-state index contributed by atoms with van der Waals surface area (Å²) in [6, 6.07) is 9.55. The minimum absolute atomic E-state index is 0.598. The predicted molar refractivity (Wildman–Crippen MR) is 88.1 cm³/mol. The maximum atomic E-state index is 3.71. The van der Waals surface area contributed by atoms with Gasteiger partial charge in [0, 0.05) is 18.3 Å². The summed E-state index contributed by atoms with van der Waals surface area (Å²) in [7, 11) is 0. The summed E-state index contributed by atoms with van der Waals surface area (Å²) in [5.74, 6) is 0.862. The Kier molecular flexibility index (Phi) is 5.90. The number of hydrogen-bond donors (Lipinski definition) is 1. The smallest absolute Gasteiger partial charge is 0.0345 e. The van der Waals surface area contributed by atoms with E-state index in [1.807, 2.05) is 0 Å². The lowest BCUT2D eigenvalue weighted by Gasteiger charge is -2.23. The molecule has 2 rings (SSSR count). The van der Waals surface area contributed by atoms with Crippen molar-refractivity contribution in [3.63, 3.8) is 0 Å². The predicted octanol–water partition coefficient (Wildman–Crippen LogP) is 4.52. The maximum Gasteiger partial charge on any atom is 0.0345 e. The van der Waals surface area contributed by atoms with Crippen LogP contribution in [-0.2, 0) is 6.54 Å². The second-order valence-corrected chi connectivity index (χ2v) is 6.14. The molecule has 0 saturated heterocycles. The third-order valence-electron chi connectivity index (χ3n) is 4.73. The molecule has 0 bridgehead atoms. The molecule has 0 aromatic heterocycles. The highest BCUT2D eigenvalue weighted by Gasteiger charge is 2.21. The van der Waals surface area contributed by atoms with Crippen LogP contribution in [0.5, 0.6) is 0 Å². The zero-order valence-corrected chi connectivity index (χ0v) is 13.4. The summed E-state index contributed by atoms with van der Waals surface area (Å²) in [5, 5.41) is 3.71. The highest BCUT2D eigenvalue weighted by Crippen LogP contribution is 2.29. The Hall–Kier alpha value is -1.02. The average molecular weight is 274 g/mol. The largest absolute Gasteiger partial charge is 0.382 e. The fourth-order valence-electron chi connectivity index (χ4n) is 3.30. The van der Waals surface area contributed by atoms with Gasteiger partial charge in [-0.1, -0.05) is 38.8 Å². The first-order chi connectivity index (χ1) is 9.72. The van der Waals surface area contributed by atoms with E-state index in [9.17, 15) is 0 Å². The highest BCUT2D eigenvalue weighted by atomic mass is 15.1. The van der Waals surface area contributed by atoms with Crippen LogP contribution in [0, 0.1) is 5.92 Å². The van der Waals surface area contributed by atoms with Crippen LogP contribution in [0.15, 0.2) is 24.3 Å². The van der Waals surface area contributed by atoms with Gasteiger partial charge >= 0.3 is 0 Å². The summed E-state index contributed by atoms with van der Waals surface area (Å²) in [6.07, 6.45) is 5.62. The molecule has 1 unspecified atom stereocenters. The third kappa shape index (κ3) is 4.24. The molecular weight excluding hydrogens is 244 g/mol. The van der Waals surface area contributed by atoms with Crippen LogP contribution >= 0.6 is 0 Å². The van der Waals surface area contributed by atoms with Gasteiger partial charge in [-0.05, 0) is 56.5 Å². The van der Waals surface area contributed by atoms with E-state index in [1.54, 1.807) is 0 Å². The number of anilines is 1. The van der Waals surface area contributed by atoms with Crippen molar-refractivity contribution < 1.29 is 0 Å². The van der Waals surface area contributed by atoms with Gasteiger partial charge < -0.3 is 5.32 Å². The topological polar surface area (TPSA) is 15.3 Å². The SMILES string of the molecule is CCN(CC)Cc1cccc(NC(C)C2CCCC2)c1. The molecule has 1 N–H and O–H groups in total. The van der Waals surface area contributed by atoms with Gasteiger partial charge in [-0.15, -0.1) is 0 Å². The zero-order valence-electron chi connectivity index (χ0n) is 13.4. The van der Waals surface area contributed by atoms with Gasteiger partial charge in [0.15, 0.2) is 0 Å². The van der Waals surface area contributed by atoms with Crippen LogP contribution in [0.3, 0.4) is 0 Å². The van der Waals surface area contributed by atoms with Gasteiger partial charge in [0.05, 0.1) is 0 Å². The second kappa shape index (κ2) is 7.68. The van der Waals surface area contributed by atoms with Crippen molar-refractivity contribution in [2.24, 2.45) is 5.92 Å². The van der Waals surface area contributed by atoms with Gasteiger partial charge in [0.2, 0.25) is 0 Å². The number of hydrogen-bond acceptors (Lipinski definition) is 2. The third-order valence-corrected chi connectivity index (χ3v) is 4.73. The molecule has 0 heterocycles. The molecule has 1 aliphatic rings. The van der Waals surface area contributed by atoms with Crippen LogP contribution in [0.1, 0.15) is 52.0 Å². The summed E-state index contributed by atoms with van der Waals surface area (Å²) in [6.45, 7) is 10.1. The van der Waals surface area contributed by atoms with Crippen molar-refractivity contribution in [3.8, 4) is 0 Å². The van der Waals surface area contributed by atoms with E-state index in [0.717, 1.165) is 25.6 Å². The molecule has 2 heteroatoms. The van der Waals surface area contributed by atoms with Gasteiger partial charge in [0.1, 0.15) is 0 Å². The molecule has 20 heavy (non-hydrogen) atoms. The average Bonchev–Trinajstić information content (AvgIpc) is 2.99. The van der Waals surface area contributed by atoms with Crippen molar-refractivity contribution in [1.29, 1.82) is 0 Å². The van der Waals surface area contributed by atoms with E-state index in [1.165, 1.54) is 36.9 Å². The molecule has 1 atom stereocenters. The lowest BCUT2D eigenvalue weighted by molar-refractivity contribution is 0.296. The van der Waals surface area contributed by atoms with Crippen LogP contribution in [0.4, 0.5) is 5.69 Å². The van der Waals surface area contributed by atoms with Gasteiger partial charge in [0.25, 0.3) is 0 Å². The lowest BCUT2D eigenvalue weighted by Crippen LogP contribution is -2.24. The Balaban J connectivity index is 1.94. The van der Waals surface area contributed by atoms with Crippen LogP contribution in [0.2, 0.25) is 0 Å². The molecule has 1 aromatic rings. The quantitative estimate of drug-likeness (QED) is 0.786. The molecule has 1 saturated carbocycles. The number of nitrogens with one attached hydrogen (secondary N) is 1. The first kappa shape index (κ1) is 15.4. The number of nitrogens with zero attached hydrogens (tertiary/aromatic N) is 1. The Morgan fingerprint density at radius 1 is 1.20 bits per heavy atom. The van der Waals surface area contributed by atoms with E-state index in [4.69, 9.17) is 0 Å². The van der Waals surface area contributed by atoms with E-state index < -0.39 is 0 Å². The first-order valence-electron chi connectivity index (χ1n) is 8.30. The first-order valence-corrected chi connectivity index (χ1v) is 8.30. The standard InChI is InChI=1S/C18H30N2/c1-4-20(5-2)14-16-9-8-12-18(13-16)19-15(3)17-10-6-7-11-17/h8-9,12-13,15,17,19H,4-7,10-11,14H2,1-3H3. The summed E-state index contributed by atoms with van der Waals surface area (Å²) < 4.78 is 0. The Morgan fingerprint density at radius 3 is 2.55 bits per heavy atom. The van der Waals surface area contributed by atoms with Crippen molar-refractivity contribution in [1.82, 2.24) is 4.90 Å². The van der Waals surface area contributed by atoms with Gasteiger partial charge in [-0.25, -0.2) is 0 Å². The summed E-state index contributed by atoms with van der Waals surface area (Å²) in [4.78, 5) is 2.46. The van der Waals surface area contributed by atoms with E-state index in [-0.39, 0.29) is 0 Å². The maximum absolute atomic E-state index is 3.71. The minimum Gasteiger partial charge on any atom is -0.382 e. The van der Waals surface area contributed by atoms with Crippen LogP contribution in [-0.4, -0.2) is 24.0 Å². The van der Waals surface area contributed by atoms with E-state index in [2.05, 4.69) is 55.3 Å². The summed E-state index contributed by atoms with van der Waals surface area (Å²) >= 11 is 0. The monoisotopic (exact) mass is 274 g/mol. The fourth-order valence-corrected chi connectivity index (χ4v) is 3.30. The fraction of sp³-hybridized carbons (Fsp3) is 0.667. The lowest BCUT2D eigenvalue weighted by atomic mass is 9.99. The summed E-state index contributed by atoms with van der Waals surface area (Å²) in [5.41, 5.74) is 2.70. The van der Waals surface area contributed by atoms with E-state index >= 15 is 0 Å². The molecule has 0 aliphatic heterocycles. The second-order valence-electron chi connectivity index (χ2n) is 6.14. The van der Waals surface area contributed by atoms with Crippen molar-refractivity contribution in [2.75, 3.05) is 18.4 Å². The molecule has 1 aromatic carbocycles. The normalized spacial score (nSPS) is 17.6. The molecule has 112 valence electrons.